The topological polar surface area (TPSA) is 97.6 Å². The van der Waals surface area contributed by atoms with Gasteiger partial charge in [0.05, 0.1) is 18.1 Å². The van der Waals surface area contributed by atoms with Crippen molar-refractivity contribution < 1.29 is 17.7 Å². The number of ether oxygens (including phenoxy) is 1. The van der Waals surface area contributed by atoms with Crippen LogP contribution in [0.25, 0.3) is 11.5 Å². The van der Waals surface area contributed by atoms with Crippen molar-refractivity contribution in [3.63, 3.8) is 0 Å². The van der Waals surface area contributed by atoms with Crippen LogP contribution < -0.4 is 5.32 Å². The summed E-state index contributed by atoms with van der Waals surface area (Å²) in [6.07, 6.45) is 0.630. The summed E-state index contributed by atoms with van der Waals surface area (Å²) in [5.74, 6) is 0.904. The number of benzene rings is 1. The van der Waals surface area contributed by atoms with E-state index in [9.17, 15) is 8.42 Å². The van der Waals surface area contributed by atoms with Crippen LogP contribution in [0.5, 0.6) is 0 Å². The van der Waals surface area contributed by atoms with Gasteiger partial charge in [0.15, 0.2) is 5.82 Å². The molecule has 0 radical (unpaired) electrons. The lowest BCUT2D eigenvalue weighted by molar-refractivity contribution is 0.0730. The molecule has 1 aliphatic rings. The number of likely N-dealkylation sites (N-methyl/N-ethyl adjacent to an activating group) is 1. The highest BCUT2D eigenvalue weighted by molar-refractivity contribution is 7.89. The summed E-state index contributed by atoms with van der Waals surface area (Å²) < 4.78 is 38.0. The molecule has 8 nitrogen and oxygen atoms in total. The maximum absolute atomic E-state index is 13.0. The normalized spacial score (nSPS) is 17.3. The van der Waals surface area contributed by atoms with Crippen molar-refractivity contribution in [3.05, 3.63) is 29.6 Å². The molecule has 1 atom stereocenters. The molecule has 0 bridgehead atoms. The average Bonchev–Trinajstić information content (AvgIpc) is 3.11. The van der Waals surface area contributed by atoms with E-state index >= 15 is 0 Å². The van der Waals surface area contributed by atoms with Gasteiger partial charge in [-0.2, -0.15) is 9.29 Å². The largest absolute Gasteiger partial charge is 0.379 e. The molecule has 142 valence electrons. The standard InChI is InChI=1S/C17H24N4O4S/c1-12-4-5-14(17-19-16(20-25-17)10-13(2)18-3)11-15(12)26(22,23)21-6-8-24-9-7-21/h4-5,11,13,18H,6-10H2,1-3H3. The zero-order valence-electron chi connectivity index (χ0n) is 15.2. The molecule has 1 aromatic heterocycles. The Kier molecular flexibility index (Phi) is 5.71. The minimum absolute atomic E-state index is 0.218. The number of nitrogens with one attached hydrogen (secondary N) is 1. The minimum atomic E-state index is -3.59. The molecular weight excluding hydrogens is 356 g/mol. The van der Waals surface area contributed by atoms with Gasteiger partial charge in [-0.25, -0.2) is 8.42 Å². The summed E-state index contributed by atoms with van der Waals surface area (Å²) in [6.45, 7) is 5.35. The smallest absolute Gasteiger partial charge is 0.257 e. The number of morpholine rings is 1. The van der Waals surface area contributed by atoms with Gasteiger partial charge < -0.3 is 14.6 Å². The fourth-order valence-corrected chi connectivity index (χ4v) is 4.43. The lowest BCUT2D eigenvalue weighted by atomic mass is 10.1. The van der Waals surface area contributed by atoms with Gasteiger partial charge in [0.1, 0.15) is 0 Å². The Morgan fingerprint density at radius 2 is 2.04 bits per heavy atom. The van der Waals surface area contributed by atoms with Crippen LogP contribution in [-0.2, 0) is 21.2 Å². The van der Waals surface area contributed by atoms with E-state index in [1.807, 2.05) is 14.0 Å². The molecule has 0 spiro atoms. The molecular formula is C17H24N4O4S. The Hall–Kier alpha value is -1.81. The van der Waals surface area contributed by atoms with Gasteiger partial charge in [-0.3, -0.25) is 0 Å². The molecule has 3 rings (SSSR count). The molecule has 1 N–H and O–H groups in total. The molecule has 9 heteroatoms. The monoisotopic (exact) mass is 380 g/mol. The highest BCUT2D eigenvalue weighted by atomic mass is 32.2. The van der Waals surface area contributed by atoms with Crippen molar-refractivity contribution in [1.82, 2.24) is 19.8 Å². The van der Waals surface area contributed by atoms with Crippen LogP contribution in [0.3, 0.4) is 0 Å². The molecule has 1 fully saturated rings. The first-order chi connectivity index (χ1) is 12.4. The fourth-order valence-electron chi connectivity index (χ4n) is 2.77. The van der Waals surface area contributed by atoms with E-state index in [0.29, 0.717) is 55.6 Å². The zero-order valence-corrected chi connectivity index (χ0v) is 16.0. The number of hydrogen-bond donors (Lipinski definition) is 1. The fraction of sp³-hybridized carbons (Fsp3) is 0.529. The van der Waals surface area contributed by atoms with E-state index in [1.165, 1.54) is 4.31 Å². The lowest BCUT2D eigenvalue weighted by Crippen LogP contribution is -2.40. The Bertz CT molecular complexity index is 859. The van der Waals surface area contributed by atoms with Crippen LogP contribution in [0.1, 0.15) is 18.3 Å². The molecule has 1 aliphatic heterocycles. The second-order valence-corrected chi connectivity index (χ2v) is 8.31. The van der Waals surface area contributed by atoms with Crippen LogP contribution in [0.2, 0.25) is 0 Å². The number of rotatable bonds is 6. The Morgan fingerprint density at radius 1 is 1.31 bits per heavy atom. The maximum atomic E-state index is 13.0. The van der Waals surface area contributed by atoms with Gasteiger partial charge in [0, 0.05) is 31.1 Å². The number of aromatic nitrogens is 2. The van der Waals surface area contributed by atoms with Crippen LogP contribution in [0.4, 0.5) is 0 Å². The van der Waals surface area contributed by atoms with E-state index in [4.69, 9.17) is 9.26 Å². The van der Waals surface area contributed by atoms with Crippen molar-refractivity contribution in [2.45, 2.75) is 31.2 Å². The maximum Gasteiger partial charge on any atom is 0.257 e. The number of hydrogen-bond acceptors (Lipinski definition) is 7. The third-order valence-corrected chi connectivity index (χ3v) is 6.51. The van der Waals surface area contributed by atoms with E-state index in [2.05, 4.69) is 15.5 Å². The van der Waals surface area contributed by atoms with Crippen LogP contribution >= 0.6 is 0 Å². The van der Waals surface area contributed by atoms with Crippen LogP contribution in [-0.4, -0.2) is 62.3 Å². The lowest BCUT2D eigenvalue weighted by Gasteiger charge is -2.26. The third kappa shape index (κ3) is 3.96. The average molecular weight is 380 g/mol. The van der Waals surface area contributed by atoms with Gasteiger partial charge in [-0.05, 0) is 38.6 Å². The van der Waals surface area contributed by atoms with Gasteiger partial charge >= 0.3 is 0 Å². The SMILES string of the molecule is CNC(C)Cc1noc(-c2ccc(C)c(S(=O)(=O)N3CCOCC3)c2)n1. The molecule has 0 saturated carbocycles. The van der Waals surface area contributed by atoms with Gasteiger partial charge in [0.25, 0.3) is 5.89 Å². The van der Waals surface area contributed by atoms with Crippen molar-refractivity contribution in [3.8, 4) is 11.5 Å². The van der Waals surface area contributed by atoms with E-state index in [1.54, 1.807) is 25.1 Å². The third-order valence-electron chi connectivity index (χ3n) is 4.47. The zero-order chi connectivity index (χ0) is 18.7. The van der Waals surface area contributed by atoms with Crippen LogP contribution in [0, 0.1) is 6.92 Å². The van der Waals surface area contributed by atoms with E-state index < -0.39 is 10.0 Å². The van der Waals surface area contributed by atoms with E-state index in [-0.39, 0.29) is 10.9 Å². The predicted octanol–water partition coefficient (Wildman–Crippen LogP) is 1.22. The van der Waals surface area contributed by atoms with Crippen molar-refractivity contribution >= 4 is 10.0 Å². The summed E-state index contributed by atoms with van der Waals surface area (Å²) in [5, 5.41) is 7.10. The molecule has 0 amide bonds. The molecule has 1 saturated heterocycles. The molecule has 0 aliphatic carbocycles. The van der Waals surface area contributed by atoms with Crippen LogP contribution in [0.15, 0.2) is 27.6 Å². The van der Waals surface area contributed by atoms with Gasteiger partial charge in [-0.15, -0.1) is 0 Å². The molecule has 2 aromatic rings. The number of nitrogens with zero attached hydrogens (tertiary/aromatic N) is 3. The molecule has 2 heterocycles. The Labute approximate surface area is 153 Å². The summed E-state index contributed by atoms with van der Waals surface area (Å²) in [4.78, 5) is 4.65. The Morgan fingerprint density at radius 3 is 2.73 bits per heavy atom. The van der Waals surface area contributed by atoms with Gasteiger partial charge in [-0.1, -0.05) is 11.2 Å². The number of sulfonamides is 1. The first-order valence-corrected chi connectivity index (χ1v) is 10.0. The number of aryl methyl sites for hydroxylation is 1. The van der Waals surface area contributed by atoms with Crippen molar-refractivity contribution in [2.75, 3.05) is 33.4 Å². The first kappa shape index (κ1) is 19.0. The summed E-state index contributed by atoms with van der Waals surface area (Å²) in [7, 11) is -1.72. The quantitative estimate of drug-likeness (QED) is 0.804. The van der Waals surface area contributed by atoms with Crippen molar-refractivity contribution in [2.24, 2.45) is 0 Å². The molecule has 1 unspecified atom stereocenters. The first-order valence-electron chi connectivity index (χ1n) is 8.60. The summed E-state index contributed by atoms with van der Waals surface area (Å²) in [6, 6.07) is 5.39. The summed E-state index contributed by atoms with van der Waals surface area (Å²) in [5.41, 5.74) is 1.28. The Balaban J connectivity index is 1.90. The molecule has 1 aromatic carbocycles. The highest BCUT2D eigenvalue weighted by Crippen LogP contribution is 2.27. The minimum Gasteiger partial charge on any atom is -0.379 e. The highest BCUT2D eigenvalue weighted by Gasteiger charge is 2.28. The van der Waals surface area contributed by atoms with E-state index in [0.717, 1.165) is 0 Å². The van der Waals surface area contributed by atoms with Gasteiger partial charge in [0.2, 0.25) is 10.0 Å². The molecule has 26 heavy (non-hydrogen) atoms. The summed E-state index contributed by atoms with van der Waals surface area (Å²) >= 11 is 0. The second-order valence-electron chi connectivity index (χ2n) is 6.41. The van der Waals surface area contributed by atoms with Crippen molar-refractivity contribution in [1.29, 1.82) is 0 Å². The predicted molar refractivity (Wildman–Crippen MR) is 96.3 cm³/mol. The second kappa shape index (κ2) is 7.83.